The van der Waals surface area contributed by atoms with Crippen LogP contribution in [0.2, 0.25) is 5.02 Å². The molecule has 0 spiro atoms. The number of nitrogens with one attached hydrogen (secondary N) is 1. The van der Waals surface area contributed by atoms with Crippen LogP contribution in [0.15, 0.2) is 48.5 Å². The highest BCUT2D eigenvalue weighted by atomic mass is 35.5. The number of nitrogens with zero attached hydrogens (tertiary/aromatic N) is 1. The summed E-state index contributed by atoms with van der Waals surface area (Å²) in [5.74, 6) is -0.361. The zero-order valence-corrected chi connectivity index (χ0v) is 16.6. The van der Waals surface area contributed by atoms with Crippen molar-refractivity contribution in [3.8, 4) is 0 Å². The number of hydrogen-bond donors (Lipinski definition) is 1. The molecule has 26 heavy (non-hydrogen) atoms. The Hall–Kier alpha value is -2.05. The fraction of sp³-hybridized carbons (Fsp3) is 0.316. The molecule has 0 aromatic heterocycles. The van der Waals surface area contributed by atoms with E-state index in [1.165, 1.54) is 0 Å². The molecule has 2 aromatic carbocycles. The van der Waals surface area contributed by atoms with Gasteiger partial charge in [-0.05, 0) is 42.7 Å². The first-order chi connectivity index (χ1) is 12.2. The lowest BCUT2D eigenvalue weighted by molar-refractivity contribution is -0.120. The average molecular weight is 395 g/mol. The van der Waals surface area contributed by atoms with E-state index in [0.29, 0.717) is 22.7 Å². The summed E-state index contributed by atoms with van der Waals surface area (Å²) in [4.78, 5) is 12.6. The molecule has 0 unspecified atom stereocenters. The third kappa shape index (κ3) is 5.22. The zero-order chi connectivity index (χ0) is 19.3. The van der Waals surface area contributed by atoms with E-state index < -0.39 is 10.0 Å². The van der Waals surface area contributed by atoms with Crippen LogP contribution in [0.25, 0.3) is 0 Å². The van der Waals surface area contributed by atoms with Gasteiger partial charge in [0, 0.05) is 5.02 Å². The molecule has 5 nitrogen and oxygen atoms in total. The minimum Gasteiger partial charge on any atom is -0.348 e. The highest BCUT2D eigenvalue weighted by molar-refractivity contribution is 7.92. The number of anilines is 1. The van der Waals surface area contributed by atoms with Crippen molar-refractivity contribution in [2.24, 2.45) is 0 Å². The van der Waals surface area contributed by atoms with Gasteiger partial charge < -0.3 is 5.32 Å². The molecule has 0 aliphatic carbocycles. The summed E-state index contributed by atoms with van der Waals surface area (Å²) in [5, 5.41) is 3.43. The van der Waals surface area contributed by atoms with Crippen LogP contribution in [0.4, 0.5) is 5.69 Å². The fourth-order valence-corrected chi connectivity index (χ4v) is 3.90. The topological polar surface area (TPSA) is 66.5 Å². The molecule has 0 heterocycles. The van der Waals surface area contributed by atoms with Gasteiger partial charge in [0.05, 0.1) is 18.0 Å². The predicted molar refractivity (Wildman–Crippen MR) is 106 cm³/mol. The van der Waals surface area contributed by atoms with Crippen LogP contribution in [0.5, 0.6) is 0 Å². The van der Waals surface area contributed by atoms with Gasteiger partial charge in [0.15, 0.2) is 0 Å². The van der Waals surface area contributed by atoms with Crippen LogP contribution in [0, 0.1) is 6.92 Å². The van der Waals surface area contributed by atoms with Gasteiger partial charge in [0.1, 0.15) is 6.54 Å². The Labute approximate surface area is 160 Å². The van der Waals surface area contributed by atoms with Crippen LogP contribution < -0.4 is 9.62 Å². The number of benzene rings is 2. The number of hydrogen-bond acceptors (Lipinski definition) is 3. The van der Waals surface area contributed by atoms with Crippen molar-refractivity contribution in [3.63, 3.8) is 0 Å². The van der Waals surface area contributed by atoms with Crippen molar-refractivity contribution in [1.29, 1.82) is 0 Å². The molecule has 2 rings (SSSR count). The maximum absolute atomic E-state index is 12.6. The molecular weight excluding hydrogens is 372 g/mol. The third-order valence-corrected chi connectivity index (χ3v) is 5.42. The number of amides is 1. The summed E-state index contributed by atoms with van der Waals surface area (Å²) in [5.41, 5.74) is 2.11. The van der Waals surface area contributed by atoms with E-state index in [4.69, 9.17) is 11.6 Å². The standard InChI is InChI=1S/C19H23ClN2O3S/c1-4-17(15-8-6-5-7-9-15)21-19(23)13-22(26(3,24)25)18-11-10-16(20)12-14(18)2/h5-12,17H,4,13H2,1-3H3,(H,21,23)/t17-/m1/s1. The van der Waals surface area contributed by atoms with E-state index in [0.717, 1.165) is 16.1 Å². The third-order valence-electron chi connectivity index (χ3n) is 4.06. The second-order valence-corrected chi connectivity index (χ2v) is 8.48. The minimum absolute atomic E-state index is 0.170. The maximum atomic E-state index is 12.6. The van der Waals surface area contributed by atoms with Gasteiger partial charge in [-0.2, -0.15) is 0 Å². The van der Waals surface area contributed by atoms with Gasteiger partial charge in [0.2, 0.25) is 15.9 Å². The molecule has 1 amide bonds. The number of rotatable bonds is 7. The monoisotopic (exact) mass is 394 g/mol. The van der Waals surface area contributed by atoms with E-state index in [1.54, 1.807) is 25.1 Å². The first-order valence-corrected chi connectivity index (χ1v) is 10.5. The quantitative estimate of drug-likeness (QED) is 0.778. The molecule has 0 saturated heterocycles. The number of aryl methyl sites for hydroxylation is 1. The maximum Gasteiger partial charge on any atom is 0.241 e. The van der Waals surface area contributed by atoms with Crippen molar-refractivity contribution in [1.82, 2.24) is 5.32 Å². The Kier molecular flexibility index (Phi) is 6.67. The molecular formula is C19H23ClN2O3S. The highest BCUT2D eigenvalue weighted by Gasteiger charge is 2.23. The van der Waals surface area contributed by atoms with Gasteiger partial charge in [-0.25, -0.2) is 8.42 Å². The van der Waals surface area contributed by atoms with E-state index in [2.05, 4.69) is 5.32 Å². The molecule has 0 fully saturated rings. The van der Waals surface area contributed by atoms with Crippen molar-refractivity contribution < 1.29 is 13.2 Å². The van der Waals surface area contributed by atoms with Crippen molar-refractivity contribution in [2.75, 3.05) is 17.1 Å². The Bertz CT molecular complexity index is 870. The summed E-state index contributed by atoms with van der Waals surface area (Å²) < 4.78 is 25.6. The smallest absolute Gasteiger partial charge is 0.241 e. The Morgan fingerprint density at radius 1 is 1.19 bits per heavy atom. The summed E-state index contributed by atoms with van der Waals surface area (Å²) in [6.07, 6.45) is 1.79. The largest absolute Gasteiger partial charge is 0.348 e. The highest BCUT2D eigenvalue weighted by Crippen LogP contribution is 2.25. The lowest BCUT2D eigenvalue weighted by Gasteiger charge is -2.25. The molecule has 7 heteroatoms. The summed E-state index contributed by atoms with van der Waals surface area (Å²) in [7, 11) is -3.63. The van der Waals surface area contributed by atoms with Crippen LogP contribution in [-0.4, -0.2) is 27.1 Å². The van der Waals surface area contributed by atoms with E-state index >= 15 is 0 Å². The number of carbonyl (C=O) groups is 1. The first-order valence-electron chi connectivity index (χ1n) is 8.30. The number of carbonyl (C=O) groups excluding carboxylic acids is 1. The van der Waals surface area contributed by atoms with Crippen LogP contribution in [-0.2, 0) is 14.8 Å². The van der Waals surface area contributed by atoms with Crippen LogP contribution >= 0.6 is 11.6 Å². The van der Waals surface area contributed by atoms with Crippen molar-refractivity contribution in [3.05, 3.63) is 64.7 Å². The molecule has 0 bridgehead atoms. The van der Waals surface area contributed by atoms with Gasteiger partial charge in [-0.15, -0.1) is 0 Å². The second kappa shape index (κ2) is 8.56. The molecule has 0 aliphatic rings. The SMILES string of the molecule is CC[C@@H](NC(=O)CN(c1ccc(Cl)cc1C)S(C)(=O)=O)c1ccccc1. The average Bonchev–Trinajstić information content (AvgIpc) is 2.58. The fourth-order valence-electron chi connectivity index (χ4n) is 2.76. The lowest BCUT2D eigenvalue weighted by Crippen LogP contribution is -2.41. The van der Waals surface area contributed by atoms with Crippen LogP contribution in [0.1, 0.15) is 30.5 Å². The molecule has 1 N–H and O–H groups in total. The summed E-state index contributed by atoms with van der Waals surface area (Å²) in [6.45, 7) is 3.44. The van der Waals surface area contributed by atoms with Gasteiger partial charge in [-0.1, -0.05) is 48.9 Å². The molecule has 1 atom stereocenters. The Morgan fingerprint density at radius 2 is 1.85 bits per heavy atom. The first kappa shape index (κ1) is 20.3. The van der Waals surface area contributed by atoms with Crippen molar-refractivity contribution >= 4 is 33.2 Å². The second-order valence-electron chi connectivity index (χ2n) is 6.14. The predicted octanol–water partition coefficient (Wildman–Crippen LogP) is 3.68. The van der Waals surface area contributed by atoms with Gasteiger partial charge in [0.25, 0.3) is 0 Å². The lowest BCUT2D eigenvalue weighted by atomic mass is 10.0. The normalized spacial score (nSPS) is 12.5. The molecule has 0 radical (unpaired) electrons. The molecule has 2 aromatic rings. The summed E-state index contributed by atoms with van der Waals surface area (Å²) in [6, 6.07) is 14.3. The molecule has 140 valence electrons. The van der Waals surface area contributed by atoms with Gasteiger partial charge >= 0.3 is 0 Å². The number of sulfonamides is 1. The molecule has 0 saturated carbocycles. The van der Waals surface area contributed by atoms with E-state index in [-0.39, 0.29) is 18.5 Å². The van der Waals surface area contributed by atoms with Gasteiger partial charge in [-0.3, -0.25) is 9.10 Å². The Balaban J connectivity index is 2.22. The van der Waals surface area contributed by atoms with Crippen LogP contribution in [0.3, 0.4) is 0 Å². The van der Waals surface area contributed by atoms with E-state index in [9.17, 15) is 13.2 Å². The molecule has 0 aliphatic heterocycles. The zero-order valence-electron chi connectivity index (χ0n) is 15.1. The Morgan fingerprint density at radius 3 is 2.38 bits per heavy atom. The number of halogens is 1. The summed E-state index contributed by atoms with van der Waals surface area (Å²) >= 11 is 5.95. The van der Waals surface area contributed by atoms with Crippen molar-refractivity contribution in [2.45, 2.75) is 26.3 Å². The van der Waals surface area contributed by atoms with E-state index in [1.807, 2.05) is 37.3 Å². The minimum atomic E-state index is -3.63.